The highest BCUT2D eigenvalue weighted by Gasteiger charge is 2.25. The summed E-state index contributed by atoms with van der Waals surface area (Å²) < 4.78 is 1.35. The minimum atomic E-state index is -1.14. The Morgan fingerprint density at radius 1 is 1.36 bits per heavy atom. The van der Waals surface area contributed by atoms with Crippen LogP contribution in [0.25, 0.3) is 5.69 Å². The molecule has 7 heteroatoms. The fourth-order valence-electron chi connectivity index (χ4n) is 1.68. The molecule has 116 valence electrons. The van der Waals surface area contributed by atoms with Crippen LogP contribution in [-0.4, -0.2) is 32.0 Å². The molecule has 0 saturated heterocycles. The van der Waals surface area contributed by atoms with Crippen molar-refractivity contribution in [3.05, 3.63) is 36.2 Å². The van der Waals surface area contributed by atoms with E-state index in [1.807, 2.05) is 20.8 Å². The van der Waals surface area contributed by atoms with Crippen LogP contribution in [0.4, 0.5) is 5.69 Å². The van der Waals surface area contributed by atoms with E-state index >= 15 is 0 Å². The van der Waals surface area contributed by atoms with Crippen molar-refractivity contribution in [1.82, 2.24) is 15.0 Å². The first-order valence-corrected chi connectivity index (χ1v) is 6.91. The summed E-state index contributed by atoms with van der Waals surface area (Å²) in [5.41, 5.74) is 0.643. The standard InChI is InChI=1S/C15H18N4O3/c1-4-15(2,3)14(22)16-10-6-5-7-11(8-10)19-9-12(13(20)21)17-18-19/h5-9H,4H2,1-3H3,(H,16,22)(H,20,21). The van der Waals surface area contributed by atoms with E-state index in [-0.39, 0.29) is 11.6 Å². The van der Waals surface area contributed by atoms with Crippen molar-refractivity contribution in [1.29, 1.82) is 0 Å². The fourth-order valence-corrected chi connectivity index (χ4v) is 1.68. The van der Waals surface area contributed by atoms with Gasteiger partial charge in [0.05, 0.1) is 11.9 Å². The molecular formula is C15H18N4O3. The van der Waals surface area contributed by atoms with Crippen molar-refractivity contribution in [3.8, 4) is 5.69 Å². The van der Waals surface area contributed by atoms with Crippen molar-refractivity contribution in [3.63, 3.8) is 0 Å². The molecule has 0 bridgehead atoms. The summed E-state index contributed by atoms with van der Waals surface area (Å²) in [6, 6.07) is 6.99. The lowest BCUT2D eigenvalue weighted by Gasteiger charge is -2.21. The zero-order valence-electron chi connectivity index (χ0n) is 12.7. The van der Waals surface area contributed by atoms with Gasteiger partial charge in [-0.05, 0) is 24.6 Å². The highest BCUT2D eigenvalue weighted by atomic mass is 16.4. The Labute approximate surface area is 128 Å². The second-order valence-electron chi connectivity index (χ2n) is 5.60. The molecule has 0 spiro atoms. The SMILES string of the molecule is CCC(C)(C)C(=O)Nc1cccc(-n2cc(C(=O)O)nn2)c1. The van der Waals surface area contributed by atoms with Crippen LogP contribution in [0, 0.1) is 5.41 Å². The van der Waals surface area contributed by atoms with Gasteiger partial charge >= 0.3 is 5.97 Å². The molecule has 0 radical (unpaired) electrons. The quantitative estimate of drug-likeness (QED) is 0.883. The van der Waals surface area contributed by atoms with E-state index in [2.05, 4.69) is 15.6 Å². The minimum Gasteiger partial charge on any atom is -0.476 e. The molecule has 0 aliphatic carbocycles. The Kier molecular flexibility index (Phi) is 4.25. The number of aromatic nitrogens is 3. The molecule has 2 aromatic rings. The van der Waals surface area contributed by atoms with Gasteiger partial charge in [0.2, 0.25) is 5.91 Å². The van der Waals surface area contributed by atoms with Gasteiger partial charge in [0.25, 0.3) is 0 Å². The third kappa shape index (κ3) is 3.30. The van der Waals surface area contributed by atoms with Crippen LogP contribution in [-0.2, 0) is 4.79 Å². The van der Waals surface area contributed by atoms with Crippen LogP contribution in [0.1, 0.15) is 37.7 Å². The Balaban J connectivity index is 2.23. The molecule has 0 aliphatic heterocycles. The number of carboxylic acid groups (broad SMARTS) is 1. The number of rotatable bonds is 5. The van der Waals surface area contributed by atoms with Gasteiger partial charge in [-0.25, -0.2) is 9.48 Å². The zero-order valence-corrected chi connectivity index (χ0v) is 12.7. The Hall–Kier alpha value is -2.70. The molecule has 0 fully saturated rings. The predicted octanol–water partition coefficient (Wildman–Crippen LogP) is 2.34. The van der Waals surface area contributed by atoms with Gasteiger partial charge in [0.1, 0.15) is 0 Å². The second kappa shape index (κ2) is 5.97. The molecule has 2 N–H and O–H groups in total. The van der Waals surface area contributed by atoms with Crippen molar-refractivity contribution in [2.24, 2.45) is 5.41 Å². The van der Waals surface area contributed by atoms with E-state index in [1.54, 1.807) is 24.3 Å². The monoisotopic (exact) mass is 302 g/mol. The van der Waals surface area contributed by atoms with Crippen LogP contribution < -0.4 is 5.32 Å². The maximum Gasteiger partial charge on any atom is 0.358 e. The lowest BCUT2D eigenvalue weighted by atomic mass is 9.89. The van der Waals surface area contributed by atoms with Gasteiger partial charge in [0, 0.05) is 11.1 Å². The van der Waals surface area contributed by atoms with E-state index in [0.717, 1.165) is 6.42 Å². The number of nitrogens with zero attached hydrogens (tertiary/aromatic N) is 3. The summed E-state index contributed by atoms with van der Waals surface area (Å²) >= 11 is 0. The molecule has 2 rings (SSSR count). The van der Waals surface area contributed by atoms with Gasteiger partial charge in [-0.15, -0.1) is 5.10 Å². The largest absolute Gasteiger partial charge is 0.476 e. The molecule has 1 aromatic carbocycles. The number of carboxylic acids is 1. The second-order valence-corrected chi connectivity index (χ2v) is 5.60. The lowest BCUT2D eigenvalue weighted by Crippen LogP contribution is -2.30. The summed E-state index contributed by atoms with van der Waals surface area (Å²) in [5, 5.41) is 19.0. The third-order valence-corrected chi connectivity index (χ3v) is 3.58. The molecule has 7 nitrogen and oxygen atoms in total. The molecule has 0 atom stereocenters. The Morgan fingerprint density at radius 3 is 2.68 bits per heavy atom. The molecule has 0 unspecified atom stereocenters. The molecule has 22 heavy (non-hydrogen) atoms. The summed E-state index contributed by atoms with van der Waals surface area (Å²) in [5.74, 6) is -1.21. The van der Waals surface area contributed by atoms with Gasteiger partial charge < -0.3 is 10.4 Å². The first-order chi connectivity index (χ1) is 10.3. The molecule has 1 aromatic heterocycles. The number of hydrogen-bond acceptors (Lipinski definition) is 4. The molecule has 0 saturated carbocycles. The third-order valence-electron chi connectivity index (χ3n) is 3.58. The Bertz CT molecular complexity index is 706. The smallest absolute Gasteiger partial charge is 0.358 e. The number of anilines is 1. The number of nitrogens with one attached hydrogen (secondary N) is 1. The van der Waals surface area contributed by atoms with Crippen LogP contribution in [0.5, 0.6) is 0 Å². The fraction of sp³-hybridized carbons (Fsp3) is 0.333. The lowest BCUT2D eigenvalue weighted by molar-refractivity contribution is -0.124. The van der Waals surface area contributed by atoms with Gasteiger partial charge in [-0.3, -0.25) is 4.79 Å². The van der Waals surface area contributed by atoms with E-state index < -0.39 is 11.4 Å². The van der Waals surface area contributed by atoms with E-state index in [4.69, 9.17) is 5.11 Å². The number of aromatic carboxylic acids is 1. The first kappa shape index (κ1) is 15.7. The zero-order chi connectivity index (χ0) is 16.3. The molecular weight excluding hydrogens is 284 g/mol. The molecule has 1 heterocycles. The van der Waals surface area contributed by atoms with Crippen molar-refractivity contribution in [2.45, 2.75) is 27.2 Å². The van der Waals surface area contributed by atoms with E-state index in [1.165, 1.54) is 10.9 Å². The number of carbonyl (C=O) groups excluding carboxylic acids is 1. The highest BCUT2D eigenvalue weighted by molar-refractivity contribution is 5.95. The summed E-state index contributed by atoms with van der Waals surface area (Å²) in [6.07, 6.45) is 2.04. The highest BCUT2D eigenvalue weighted by Crippen LogP contribution is 2.23. The Morgan fingerprint density at radius 2 is 2.09 bits per heavy atom. The molecule has 0 aliphatic rings. The van der Waals surface area contributed by atoms with Gasteiger partial charge in [-0.2, -0.15) is 0 Å². The van der Waals surface area contributed by atoms with Crippen LogP contribution in [0.15, 0.2) is 30.5 Å². The number of hydrogen-bond donors (Lipinski definition) is 2. The first-order valence-electron chi connectivity index (χ1n) is 6.91. The normalized spacial score (nSPS) is 11.2. The van der Waals surface area contributed by atoms with E-state index in [0.29, 0.717) is 11.4 Å². The summed E-state index contributed by atoms with van der Waals surface area (Å²) in [7, 11) is 0. The number of carbonyl (C=O) groups is 2. The maximum absolute atomic E-state index is 12.2. The number of benzene rings is 1. The number of amides is 1. The summed E-state index contributed by atoms with van der Waals surface area (Å²) in [6.45, 7) is 5.71. The maximum atomic E-state index is 12.2. The van der Waals surface area contributed by atoms with Crippen molar-refractivity contribution in [2.75, 3.05) is 5.32 Å². The predicted molar refractivity (Wildman–Crippen MR) is 81.0 cm³/mol. The van der Waals surface area contributed by atoms with Crippen LogP contribution in [0.2, 0.25) is 0 Å². The average molecular weight is 302 g/mol. The van der Waals surface area contributed by atoms with Gasteiger partial charge in [0.15, 0.2) is 5.69 Å². The van der Waals surface area contributed by atoms with Crippen molar-refractivity contribution < 1.29 is 14.7 Å². The van der Waals surface area contributed by atoms with Gasteiger partial charge in [-0.1, -0.05) is 32.1 Å². The van der Waals surface area contributed by atoms with Crippen LogP contribution in [0.3, 0.4) is 0 Å². The average Bonchev–Trinajstić information content (AvgIpc) is 2.97. The minimum absolute atomic E-state index is 0.0723. The van der Waals surface area contributed by atoms with E-state index in [9.17, 15) is 9.59 Å². The van der Waals surface area contributed by atoms with Crippen LogP contribution >= 0.6 is 0 Å². The summed E-state index contributed by atoms with van der Waals surface area (Å²) in [4.78, 5) is 23.0. The van der Waals surface area contributed by atoms with Crippen molar-refractivity contribution >= 4 is 17.6 Å². The molecule has 1 amide bonds. The topological polar surface area (TPSA) is 97.1 Å².